The molecule has 0 aromatic heterocycles. The molecule has 0 bridgehead atoms. The molecule has 9 heteroatoms. The van der Waals surface area contributed by atoms with Crippen LogP contribution in [-0.4, -0.2) is 24.4 Å². The zero-order valence-corrected chi connectivity index (χ0v) is 23.5. The number of carbonyl (C=O) groups is 3. The maximum atomic E-state index is 12.3. The van der Waals surface area contributed by atoms with Crippen LogP contribution >= 0.6 is 27.5 Å². The molecule has 7 nitrogen and oxygen atoms in total. The van der Waals surface area contributed by atoms with Crippen LogP contribution in [0, 0.1) is 6.92 Å². The minimum Gasteiger partial charge on any atom is -0.457 e. The van der Waals surface area contributed by atoms with E-state index in [4.69, 9.17) is 21.1 Å². The summed E-state index contributed by atoms with van der Waals surface area (Å²) >= 11 is 9.48. The van der Waals surface area contributed by atoms with E-state index in [2.05, 4.69) is 26.6 Å². The molecule has 0 aliphatic rings. The molecule has 0 spiro atoms. The highest BCUT2D eigenvalue weighted by molar-refractivity contribution is 9.10. The molecule has 4 rings (SSSR count). The normalized spacial score (nSPS) is 10.6. The Morgan fingerprint density at radius 1 is 0.846 bits per heavy atom. The van der Waals surface area contributed by atoms with E-state index >= 15 is 0 Å². The van der Waals surface area contributed by atoms with Gasteiger partial charge in [0.05, 0.1) is 5.02 Å². The Bertz CT molecular complexity index is 1500. The third-order valence-corrected chi connectivity index (χ3v) is 7.25. The van der Waals surface area contributed by atoms with Crippen molar-refractivity contribution < 1.29 is 23.9 Å². The second-order valence-corrected chi connectivity index (χ2v) is 9.98. The Balaban J connectivity index is 1.17. The fraction of sp³-hybridized carbons (Fsp3) is 0.167. The van der Waals surface area contributed by atoms with Crippen molar-refractivity contribution >= 4 is 67.5 Å². The first-order chi connectivity index (χ1) is 18.8. The van der Waals surface area contributed by atoms with Crippen LogP contribution in [0.1, 0.15) is 24.8 Å². The van der Waals surface area contributed by atoms with Gasteiger partial charge in [0.25, 0.3) is 5.91 Å². The van der Waals surface area contributed by atoms with Crippen molar-refractivity contribution in [1.82, 2.24) is 0 Å². The Hall–Kier alpha value is -3.88. The fourth-order valence-corrected chi connectivity index (χ4v) is 4.42. The Morgan fingerprint density at radius 2 is 1.59 bits per heavy atom. The molecule has 0 radical (unpaired) electrons. The van der Waals surface area contributed by atoms with Crippen LogP contribution in [0.3, 0.4) is 0 Å². The topological polar surface area (TPSA) is 93.7 Å². The van der Waals surface area contributed by atoms with Gasteiger partial charge >= 0.3 is 5.97 Å². The highest BCUT2D eigenvalue weighted by Gasteiger charge is 2.13. The Kier molecular flexibility index (Phi) is 9.57. The lowest BCUT2D eigenvalue weighted by atomic mass is 10.1. The van der Waals surface area contributed by atoms with E-state index in [-0.39, 0.29) is 25.2 Å². The number of esters is 1. The first kappa shape index (κ1) is 28.1. The molecule has 0 aliphatic heterocycles. The number of nitrogens with one attached hydrogen (secondary N) is 2. The van der Waals surface area contributed by atoms with Gasteiger partial charge in [-0.1, -0.05) is 48.0 Å². The van der Waals surface area contributed by atoms with Gasteiger partial charge in [0.15, 0.2) is 6.61 Å². The molecule has 2 N–H and O–H groups in total. The van der Waals surface area contributed by atoms with Crippen LogP contribution in [0.2, 0.25) is 5.02 Å². The number of carbonyl (C=O) groups excluding carboxylic acids is 3. The predicted octanol–water partition coefficient (Wildman–Crippen LogP) is 7.65. The quantitative estimate of drug-likeness (QED) is 0.180. The fourth-order valence-electron chi connectivity index (χ4n) is 3.83. The third kappa shape index (κ3) is 7.81. The van der Waals surface area contributed by atoms with Crippen LogP contribution in [0.15, 0.2) is 83.3 Å². The van der Waals surface area contributed by atoms with Crippen LogP contribution in [0.25, 0.3) is 10.8 Å². The van der Waals surface area contributed by atoms with Crippen molar-refractivity contribution in [2.75, 3.05) is 17.2 Å². The lowest BCUT2D eigenvalue weighted by Crippen LogP contribution is -2.21. The molecular formula is C30H26BrClN2O5. The Morgan fingerprint density at radius 3 is 2.38 bits per heavy atom. The molecule has 0 saturated carbocycles. The number of hydrogen-bond acceptors (Lipinski definition) is 5. The first-order valence-corrected chi connectivity index (χ1v) is 13.4. The molecule has 4 aromatic rings. The number of ether oxygens (including phenoxy) is 2. The molecular weight excluding hydrogens is 584 g/mol. The van der Waals surface area contributed by atoms with Crippen molar-refractivity contribution in [3.63, 3.8) is 0 Å². The van der Waals surface area contributed by atoms with Gasteiger partial charge in [0.2, 0.25) is 5.91 Å². The van der Waals surface area contributed by atoms with Crippen LogP contribution < -0.4 is 15.4 Å². The molecule has 0 aliphatic carbocycles. The molecule has 0 atom stereocenters. The van der Waals surface area contributed by atoms with E-state index < -0.39 is 18.5 Å². The summed E-state index contributed by atoms with van der Waals surface area (Å²) in [5.74, 6) is 0.136. The van der Waals surface area contributed by atoms with Gasteiger partial charge in [-0.3, -0.25) is 14.4 Å². The monoisotopic (exact) mass is 608 g/mol. The number of fused-ring (bicyclic) bond motifs is 1. The summed E-state index contributed by atoms with van der Waals surface area (Å²) in [4.78, 5) is 36.4. The van der Waals surface area contributed by atoms with Crippen molar-refractivity contribution in [1.29, 1.82) is 0 Å². The second-order valence-electron chi connectivity index (χ2n) is 8.75. The zero-order valence-electron chi connectivity index (χ0n) is 21.1. The highest BCUT2D eigenvalue weighted by atomic mass is 79.9. The largest absolute Gasteiger partial charge is 0.457 e. The SMILES string of the molecule is Cc1c(NC(=O)COC(=O)CCCC(=O)Nc2ccc(Oc3cccc4ccccc34)cc2)ccc(Br)c1Cl. The zero-order chi connectivity index (χ0) is 27.8. The summed E-state index contributed by atoms with van der Waals surface area (Å²) in [5.41, 5.74) is 1.85. The average Bonchev–Trinajstić information content (AvgIpc) is 2.93. The third-order valence-electron chi connectivity index (χ3n) is 5.88. The second kappa shape index (κ2) is 13.3. The summed E-state index contributed by atoms with van der Waals surface area (Å²) < 4.78 is 11.8. The molecule has 4 aromatic carbocycles. The maximum absolute atomic E-state index is 12.3. The molecule has 0 saturated heterocycles. The molecule has 39 heavy (non-hydrogen) atoms. The van der Waals surface area contributed by atoms with Gasteiger partial charge < -0.3 is 20.1 Å². The number of anilines is 2. The van der Waals surface area contributed by atoms with Gasteiger partial charge in [0.1, 0.15) is 11.5 Å². The number of rotatable bonds is 10. The highest BCUT2D eigenvalue weighted by Crippen LogP contribution is 2.31. The summed E-state index contributed by atoms with van der Waals surface area (Å²) in [7, 11) is 0. The van der Waals surface area contributed by atoms with E-state index in [1.807, 2.05) is 42.5 Å². The van der Waals surface area contributed by atoms with Crippen molar-refractivity contribution in [2.45, 2.75) is 26.2 Å². The summed E-state index contributed by atoms with van der Waals surface area (Å²) in [6.45, 7) is 1.35. The summed E-state index contributed by atoms with van der Waals surface area (Å²) in [6.07, 6.45) is 0.434. The lowest BCUT2D eigenvalue weighted by Gasteiger charge is -2.11. The number of benzene rings is 4. The average molecular weight is 610 g/mol. The van der Waals surface area contributed by atoms with Gasteiger partial charge in [-0.15, -0.1) is 0 Å². The van der Waals surface area contributed by atoms with Gasteiger partial charge in [0, 0.05) is 34.1 Å². The van der Waals surface area contributed by atoms with Gasteiger partial charge in [-0.2, -0.15) is 0 Å². The first-order valence-electron chi connectivity index (χ1n) is 12.3. The minimum atomic E-state index is -0.557. The smallest absolute Gasteiger partial charge is 0.306 e. The molecule has 0 unspecified atom stereocenters. The lowest BCUT2D eigenvalue weighted by molar-refractivity contribution is -0.147. The predicted molar refractivity (Wildman–Crippen MR) is 156 cm³/mol. The van der Waals surface area contributed by atoms with Crippen LogP contribution in [0.4, 0.5) is 11.4 Å². The molecule has 0 fully saturated rings. The number of amides is 2. The summed E-state index contributed by atoms with van der Waals surface area (Å²) in [6, 6.07) is 24.4. The van der Waals surface area contributed by atoms with E-state index in [0.29, 0.717) is 27.7 Å². The minimum absolute atomic E-state index is 0.0155. The van der Waals surface area contributed by atoms with Crippen LogP contribution in [0.5, 0.6) is 11.5 Å². The van der Waals surface area contributed by atoms with E-state index in [1.165, 1.54) is 0 Å². The van der Waals surface area contributed by atoms with E-state index in [0.717, 1.165) is 21.0 Å². The summed E-state index contributed by atoms with van der Waals surface area (Å²) in [5, 5.41) is 8.07. The van der Waals surface area contributed by atoms with Gasteiger partial charge in [-0.05, 0) is 82.7 Å². The van der Waals surface area contributed by atoms with Crippen molar-refractivity contribution in [3.8, 4) is 11.5 Å². The molecule has 2 amide bonds. The van der Waals surface area contributed by atoms with Crippen LogP contribution in [-0.2, 0) is 19.1 Å². The number of halogens is 2. The molecule has 200 valence electrons. The number of hydrogen-bond donors (Lipinski definition) is 2. The molecule has 0 heterocycles. The van der Waals surface area contributed by atoms with Crippen molar-refractivity contribution in [2.24, 2.45) is 0 Å². The standard InChI is InChI=1S/C30H26BrClN2O5/c1-19-25(17-16-24(31)30(19)32)34-28(36)18-38-29(37)11-5-10-27(35)33-21-12-14-22(15-13-21)39-26-9-4-7-20-6-2-3-8-23(20)26/h2-4,6-9,12-17H,5,10-11,18H2,1H3,(H,33,35)(H,34,36). The van der Waals surface area contributed by atoms with Crippen molar-refractivity contribution in [3.05, 3.63) is 93.9 Å². The van der Waals surface area contributed by atoms with E-state index in [9.17, 15) is 14.4 Å². The van der Waals surface area contributed by atoms with E-state index in [1.54, 1.807) is 43.3 Å². The Labute approximate surface area is 239 Å². The van der Waals surface area contributed by atoms with Gasteiger partial charge in [-0.25, -0.2) is 0 Å². The maximum Gasteiger partial charge on any atom is 0.306 e.